The Hall–Kier alpha value is -5.32. The molecule has 3 aromatic carbocycles. The molecule has 0 fully saturated rings. The highest BCUT2D eigenvalue weighted by Gasteiger charge is 2.26. The quantitative estimate of drug-likeness (QED) is 0.141. The van der Waals surface area contributed by atoms with Crippen molar-refractivity contribution in [3.63, 3.8) is 0 Å². The number of carbonyl (C=O) groups excluding carboxylic acids is 3. The highest BCUT2D eigenvalue weighted by molar-refractivity contribution is 5.94. The van der Waals surface area contributed by atoms with Crippen LogP contribution < -0.4 is 19.6 Å². The van der Waals surface area contributed by atoms with Gasteiger partial charge in [0.1, 0.15) is 11.4 Å². The summed E-state index contributed by atoms with van der Waals surface area (Å²) in [6.45, 7) is 7.63. The van der Waals surface area contributed by atoms with E-state index in [1.54, 1.807) is 67.8 Å². The van der Waals surface area contributed by atoms with Gasteiger partial charge in [0.2, 0.25) is 6.79 Å². The molecule has 0 saturated carbocycles. The Kier molecular flexibility index (Phi) is 10.4. The van der Waals surface area contributed by atoms with Gasteiger partial charge in [-0.25, -0.2) is 14.4 Å². The molecule has 0 unspecified atom stereocenters. The predicted octanol–water partition coefficient (Wildman–Crippen LogP) is 5.23. The van der Waals surface area contributed by atoms with E-state index in [-0.39, 0.29) is 68.6 Å². The maximum atomic E-state index is 14.4. The van der Waals surface area contributed by atoms with Crippen molar-refractivity contribution in [2.24, 2.45) is 0 Å². The fourth-order valence-electron chi connectivity index (χ4n) is 5.58. The maximum Gasteiger partial charge on any atom is 0.355 e. The fraction of sp³-hybridized carbons (Fsp3) is 0.333. The van der Waals surface area contributed by atoms with Crippen LogP contribution in [0.5, 0.6) is 17.2 Å². The number of nitrogens with zero attached hydrogens (tertiary/aromatic N) is 1. The molecule has 0 atom stereocenters. The number of ether oxygens (including phenoxy) is 6. The van der Waals surface area contributed by atoms with E-state index in [2.05, 4.69) is 0 Å². The van der Waals surface area contributed by atoms with Crippen LogP contribution in [0.25, 0.3) is 10.9 Å². The molecule has 2 heterocycles. The lowest BCUT2D eigenvalue weighted by molar-refractivity contribution is -0.145. The van der Waals surface area contributed by atoms with Gasteiger partial charge in [0.15, 0.2) is 23.5 Å². The van der Waals surface area contributed by atoms with Gasteiger partial charge in [0.25, 0.3) is 0 Å². The minimum atomic E-state index is -0.663. The molecular formula is C36H37NO10. The van der Waals surface area contributed by atoms with Crippen molar-refractivity contribution in [1.29, 1.82) is 0 Å². The molecule has 0 bridgehead atoms. The zero-order valence-corrected chi connectivity index (χ0v) is 26.9. The number of hydrogen-bond acceptors (Lipinski definition) is 10. The van der Waals surface area contributed by atoms with Crippen molar-refractivity contribution in [3.05, 3.63) is 98.3 Å². The highest BCUT2D eigenvalue weighted by Crippen LogP contribution is 2.36. The molecule has 0 saturated heterocycles. The van der Waals surface area contributed by atoms with Gasteiger partial charge < -0.3 is 33.0 Å². The molecule has 0 radical (unpaired) electrons. The van der Waals surface area contributed by atoms with Crippen LogP contribution in [0.2, 0.25) is 0 Å². The van der Waals surface area contributed by atoms with E-state index in [1.807, 2.05) is 19.1 Å². The SMILES string of the molecule is CCOC(=O)COc1ccc2c(c1)c(=O)c(Cc1cccc(C(=O)OCC)c1)c(C(=O)OCC)n2Cc1cc2c(cc1CC)OCO2. The monoisotopic (exact) mass is 643 g/mol. The smallest absolute Gasteiger partial charge is 0.355 e. The van der Waals surface area contributed by atoms with Gasteiger partial charge in [-0.1, -0.05) is 19.1 Å². The fourth-order valence-corrected chi connectivity index (χ4v) is 5.58. The molecular weight excluding hydrogens is 606 g/mol. The first-order valence-electron chi connectivity index (χ1n) is 15.6. The number of fused-ring (bicyclic) bond motifs is 2. The standard InChI is InChI=1S/C36H37NO10/c1-5-23-16-30-31(47-21-46-30)17-25(23)19-37-29-13-12-26(45-20-32(38)42-6-2)18-27(29)34(39)28(33(37)36(41)44-8-4)15-22-10-9-11-24(14-22)35(40)43-7-3/h9-14,16-18H,5-8,15,19-21H2,1-4H3. The normalized spacial score (nSPS) is 11.7. The van der Waals surface area contributed by atoms with Crippen LogP contribution >= 0.6 is 0 Å². The van der Waals surface area contributed by atoms with Crippen molar-refractivity contribution in [2.45, 2.75) is 47.1 Å². The van der Waals surface area contributed by atoms with E-state index in [9.17, 15) is 19.2 Å². The number of carbonyl (C=O) groups is 3. The van der Waals surface area contributed by atoms with E-state index < -0.39 is 23.3 Å². The molecule has 1 aromatic heterocycles. The summed E-state index contributed by atoms with van der Waals surface area (Å²) in [5.74, 6) is -0.179. The molecule has 4 aromatic rings. The molecule has 0 amide bonds. The zero-order valence-electron chi connectivity index (χ0n) is 26.9. The molecule has 11 nitrogen and oxygen atoms in total. The van der Waals surface area contributed by atoms with Crippen LogP contribution in [0.4, 0.5) is 0 Å². The summed E-state index contributed by atoms with van der Waals surface area (Å²) < 4.78 is 34.4. The first-order chi connectivity index (χ1) is 22.8. The maximum absolute atomic E-state index is 14.4. The van der Waals surface area contributed by atoms with Crippen molar-refractivity contribution in [2.75, 3.05) is 33.2 Å². The number of aromatic nitrogens is 1. The summed E-state index contributed by atoms with van der Waals surface area (Å²) in [4.78, 5) is 52.6. The third kappa shape index (κ3) is 7.24. The van der Waals surface area contributed by atoms with E-state index in [1.165, 1.54) is 0 Å². The minimum Gasteiger partial charge on any atom is -0.482 e. The molecule has 5 rings (SSSR count). The summed E-state index contributed by atoms with van der Waals surface area (Å²) in [5, 5.41) is 0.273. The van der Waals surface area contributed by atoms with Crippen molar-refractivity contribution < 1.29 is 42.8 Å². The largest absolute Gasteiger partial charge is 0.482 e. The second-order valence-corrected chi connectivity index (χ2v) is 10.7. The van der Waals surface area contributed by atoms with Gasteiger partial charge in [0.05, 0.1) is 30.9 Å². The van der Waals surface area contributed by atoms with E-state index >= 15 is 0 Å². The number of rotatable bonds is 13. The van der Waals surface area contributed by atoms with E-state index in [4.69, 9.17) is 28.4 Å². The van der Waals surface area contributed by atoms with E-state index in [0.29, 0.717) is 34.6 Å². The summed E-state index contributed by atoms with van der Waals surface area (Å²) in [6, 6.07) is 15.4. The van der Waals surface area contributed by atoms with Gasteiger partial charge in [-0.2, -0.15) is 0 Å². The van der Waals surface area contributed by atoms with Crippen LogP contribution in [0, 0.1) is 0 Å². The third-order valence-electron chi connectivity index (χ3n) is 7.69. The lowest BCUT2D eigenvalue weighted by Crippen LogP contribution is -2.26. The number of benzene rings is 3. The van der Waals surface area contributed by atoms with Crippen LogP contribution in [-0.4, -0.2) is 55.7 Å². The second-order valence-electron chi connectivity index (χ2n) is 10.7. The van der Waals surface area contributed by atoms with Crippen LogP contribution in [0.15, 0.2) is 59.4 Å². The van der Waals surface area contributed by atoms with Crippen LogP contribution in [0.1, 0.15) is 70.8 Å². The minimum absolute atomic E-state index is 0.0197. The molecule has 47 heavy (non-hydrogen) atoms. The van der Waals surface area contributed by atoms with Crippen LogP contribution in [-0.2, 0) is 38.4 Å². The Bertz CT molecular complexity index is 1880. The van der Waals surface area contributed by atoms with Gasteiger partial charge in [-0.15, -0.1) is 0 Å². The average Bonchev–Trinajstić information content (AvgIpc) is 3.53. The first-order valence-corrected chi connectivity index (χ1v) is 15.6. The topological polar surface area (TPSA) is 129 Å². The van der Waals surface area contributed by atoms with Crippen molar-refractivity contribution in [3.8, 4) is 17.2 Å². The van der Waals surface area contributed by atoms with Crippen molar-refractivity contribution in [1.82, 2.24) is 4.57 Å². The lowest BCUT2D eigenvalue weighted by Gasteiger charge is -2.21. The average molecular weight is 644 g/mol. The number of hydrogen-bond donors (Lipinski definition) is 0. The van der Waals surface area contributed by atoms with Gasteiger partial charge in [-0.05, 0) is 86.3 Å². The Labute approximate surface area is 271 Å². The van der Waals surface area contributed by atoms with Gasteiger partial charge in [0, 0.05) is 23.9 Å². The van der Waals surface area contributed by atoms with Crippen LogP contribution in [0.3, 0.4) is 0 Å². The number of pyridine rings is 1. The Morgan fingerprint density at radius 2 is 1.51 bits per heavy atom. The number of esters is 3. The Balaban J connectivity index is 1.72. The molecule has 0 spiro atoms. The molecule has 1 aliphatic heterocycles. The second kappa shape index (κ2) is 14.8. The summed E-state index contributed by atoms with van der Waals surface area (Å²) in [7, 11) is 0. The summed E-state index contributed by atoms with van der Waals surface area (Å²) in [5.41, 5.74) is 3.11. The lowest BCUT2D eigenvalue weighted by atomic mass is 9.97. The Morgan fingerprint density at radius 3 is 2.21 bits per heavy atom. The first kappa shape index (κ1) is 33.1. The molecule has 246 valence electrons. The highest BCUT2D eigenvalue weighted by atomic mass is 16.7. The summed E-state index contributed by atoms with van der Waals surface area (Å²) in [6.07, 6.45) is 0.698. The molecule has 11 heteroatoms. The zero-order chi connectivity index (χ0) is 33.5. The van der Waals surface area contributed by atoms with Crippen molar-refractivity contribution >= 4 is 28.8 Å². The molecule has 1 aliphatic rings. The third-order valence-corrected chi connectivity index (χ3v) is 7.69. The Morgan fingerprint density at radius 1 is 0.809 bits per heavy atom. The van der Waals surface area contributed by atoms with E-state index in [0.717, 1.165) is 11.1 Å². The number of aryl methyl sites for hydroxylation is 1. The van der Waals surface area contributed by atoms with Gasteiger partial charge >= 0.3 is 17.9 Å². The molecule has 0 aliphatic carbocycles. The predicted molar refractivity (Wildman–Crippen MR) is 173 cm³/mol. The van der Waals surface area contributed by atoms with Gasteiger partial charge in [-0.3, -0.25) is 4.79 Å². The summed E-state index contributed by atoms with van der Waals surface area (Å²) >= 11 is 0. The molecule has 0 N–H and O–H groups in total.